The first-order valence-electron chi connectivity index (χ1n) is 10.3. The molecular weight excluding hydrogens is 443 g/mol. The van der Waals surface area contributed by atoms with E-state index >= 15 is 0 Å². The third-order valence-electron chi connectivity index (χ3n) is 4.53. The molecule has 2 aromatic heterocycles. The number of hydrogen-bond acceptors (Lipinski definition) is 6. The third kappa shape index (κ3) is 7.71. The number of imidazole rings is 1. The molecule has 1 saturated carbocycles. The Bertz CT molecular complexity index is 903. The van der Waals surface area contributed by atoms with E-state index in [1.54, 1.807) is 13.4 Å². The average molecular weight is 475 g/mol. The molecule has 174 valence electrons. The molecule has 2 atom stereocenters. The van der Waals surface area contributed by atoms with Gasteiger partial charge in [-0.05, 0) is 40.0 Å². The van der Waals surface area contributed by atoms with Gasteiger partial charge in [0.25, 0.3) is 0 Å². The van der Waals surface area contributed by atoms with E-state index in [1.807, 2.05) is 18.4 Å². The second kappa shape index (κ2) is 11.8. The number of nitrogens with zero attached hydrogens (tertiary/aromatic N) is 3. The van der Waals surface area contributed by atoms with Crippen LogP contribution in [0.1, 0.15) is 65.5 Å². The van der Waals surface area contributed by atoms with Crippen LogP contribution in [-0.4, -0.2) is 49.3 Å². The van der Waals surface area contributed by atoms with Gasteiger partial charge in [-0.15, -0.1) is 0 Å². The zero-order valence-corrected chi connectivity index (χ0v) is 20.4. The maximum atomic E-state index is 11.8. The zero-order chi connectivity index (χ0) is 23.9. The molecule has 0 bridgehead atoms. The molecule has 3 rings (SSSR count). The van der Waals surface area contributed by atoms with Crippen molar-refractivity contribution in [3.05, 3.63) is 22.1 Å². The van der Waals surface area contributed by atoms with Gasteiger partial charge >= 0.3 is 0 Å². The van der Waals surface area contributed by atoms with Crippen molar-refractivity contribution in [2.24, 2.45) is 5.92 Å². The topological polar surface area (TPSA) is 117 Å². The number of aliphatic hydroxyl groups is 2. The molecule has 1 fully saturated rings. The van der Waals surface area contributed by atoms with Crippen molar-refractivity contribution in [3.8, 4) is 0 Å². The lowest BCUT2D eigenvalue weighted by molar-refractivity contribution is -0.127. The number of hydrogen-bond donors (Lipinski definition) is 3. The summed E-state index contributed by atoms with van der Waals surface area (Å²) >= 11 is 12.6. The summed E-state index contributed by atoms with van der Waals surface area (Å²) in [6.45, 7) is 8.08. The van der Waals surface area contributed by atoms with Crippen LogP contribution in [0.15, 0.2) is 6.33 Å². The quantitative estimate of drug-likeness (QED) is 0.459. The van der Waals surface area contributed by atoms with Crippen molar-refractivity contribution in [1.29, 1.82) is 0 Å². The molecule has 0 saturated heterocycles. The van der Waals surface area contributed by atoms with Gasteiger partial charge in [0.05, 0.1) is 11.3 Å². The second-order valence-corrected chi connectivity index (χ2v) is 8.41. The lowest BCUT2D eigenvalue weighted by atomic mass is 10.1. The Kier molecular flexibility index (Phi) is 10.4. The highest BCUT2D eigenvalue weighted by atomic mass is 35.5. The second-order valence-electron chi connectivity index (χ2n) is 7.67. The first-order valence-corrected chi connectivity index (χ1v) is 11.0. The number of carbonyl (C=O) groups is 2. The van der Waals surface area contributed by atoms with Gasteiger partial charge in [0.15, 0.2) is 11.4 Å². The first-order chi connectivity index (χ1) is 14.4. The van der Waals surface area contributed by atoms with E-state index in [1.165, 1.54) is 20.8 Å². The SMILES string of the molecule is CC.CC(C)(O)O.CNC(=O)[C@@H]1CCC(n2cnc3c(Cl)c(CC(C)=O)c(Cl)nc32)C1. The minimum Gasteiger partial charge on any atom is -0.366 e. The van der Waals surface area contributed by atoms with E-state index in [0.717, 1.165) is 19.3 Å². The highest BCUT2D eigenvalue weighted by Crippen LogP contribution is 2.38. The smallest absolute Gasteiger partial charge is 0.222 e. The molecule has 2 aromatic rings. The number of Topliss-reactive ketones (excluding diaryl/α,β-unsaturated/α-hetero) is 1. The molecule has 0 spiro atoms. The molecule has 2 heterocycles. The monoisotopic (exact) mass is 474 g/mol. The number of nitrogens with one attached hydrogen (secondary N) is 1. The van der Waals surface area contributed by atoms with Crippen molar-refractivity contribution in [2.75, 3.05) is 7.05 Å². The van der Waals surface area contributed by atoms with E-state index in [4.69, 9.17) is 33.4 Å². The van der Waals surface area contributed by atoms with Gasteiger partial charge in [-0.2, -0.15) is 0 Å². The summed E-state index contributed by atoms with van der Waals surface area (Å²) in [7, 11) is 1.65. The average Bonchev–Trinajstić information content (AvgIpc) is 3.31. The summed E-state index contributed by atoms with van der Waals surface area (Å²) in [5.41, 5.74) is 1.65. The minimum atomic E-state index is -1.50. The summed E-state index contributed by atoms with van der Waals surface area (Å²) in [6, 6.07) is 0.135. The Labute approximate surface area is 193 Å². The van der Waals surface area contributed by atoms with Crippen LogP contribution in [0, 0.1) is 5.92 Å². The van der Waals surface area contributed by atoms with Crippen molar-refractivity contribution in [3.63, 3.8) is 0 Å². The van der Waals surface area contributed by atoms with Crippen LogP contribution in [-0.2, 0) is 16.0 Å². The standard InChI is InChI=1S/C16H18Cl2N4O2.C3H8O2.C2H6/c1-8(23)5-11-12(17)13-15(21-14(11)18)22(7-20-13)10-4-3-9(6-10)16(24)19-2;1-3(2,4)5;1-2/h7,9-10H,3-6H2,1-2H3,(H,19,24);4-5H,1-2H3;1-2H3/t9-,10?;;/m1../s1. The van der Waals surface area contributed by atoms with Crippen LogP contribution in [0.25, 0.3) is 11.2 Å². The molecule has 31 heavy (non-hydrogen) atoms. The van der Waals surface area contributed by atoms with Crippen molar-refractivity contribution in [1.82, 2.24) is 19.9 Å². The lowest BCUT2D eigenvalue weighted by Crippen LogP contribution is -2.25. The van der Waals surface area contributed by atoms with Gasteiger partial charge in [-0.1, -0.05) is 37.0 Å². The summed E-state index contributed by atoms with van der Waals surface area (Å²) < 4.78 is 1.94. The van der Waals surface area contributed by atoms with Crippen LogP contribution in [0.3, 0.4) is 0 Å². The molecule has 1 aliphatic rings. The van der Waals surface area contributed by atoms with E-state index in [9.17, 15) is 9.59 Å². The van der Waals surface area contributed by atoms with Crippen LogP contribution in [0.2, 0.25) is 10.2 Å². The molecule has 0 aliphatic heterocycles. The molecule has 10 heteroatoms. The highest BCUT2D eigenvalue weighted by molar-refractivity contribution is 6.38. The van der Waals surface area contributed by atoms with Crippen molar-refractivity contribution >= 4 is 46.1 Å². The van der Waals surface area contributed by atoms with Crippen LogP contribution in [0.5, 0.6) is 0 Å². The summed E-state index contributed by atoms with van der Waals surface area (Å²) in [6.07, 6.45) is 4.25. The predicted molar refractivity (Wildman–Crippen MR) is 122 cm³/mol. The molecular formula is C21H32Cl2N4O4. The van der Waals surface area contributed by atoms with E-state index < -0.39 is 5.79 Å². The molecule has 8 nitrogen and oxygen atoms in total. The normalized spacial score (nSPS) is 18.0. The lowest BCUT2D eigenvalue weighted by Gasteiger charge is -2.14. The molecule has 0 aromatic carbocycles. The Morgan fingerprint density at radius 3 is 2.35 bits per heavy atom. The number of pyridine rings is 1. The number of amides is 1. The summed E-state index contributed by atoms with van der Waals surface area (Å²) in [5, 5.41) is 19.5. The number of ketones is 1. The van der Waals surface area contributed by atoms with Crippen LogP contribution < -0.4 is 5.32 Å². The first kappa shape index (κ1) is 27.3. The zero-order valence-electron chi connectivity index (χ0n) is 18.9. The van der Waals surface area contributed by atoms with E-state index in [0.29, 0.717) is 21.7 Å². The van der Waals surface area contributed by atoms with Crippen LogP contribution >= 0.6 is 23.2 Å². The molecule has 3 N–H and O–H groups in total. The highest BCUT2D eigenvalue weighted by Gasteiger charge is 2.32. The van der Waals surface area contributed by atoms with Gasteiger partial charge in [0, 0.05) is 31.0 Å². The van der Waals surface area contributed by atoms with Gasteiger partial charge in [0.1, 0.15) is 16.5 Å². The summed E-state index contributed by atoms with van der Waals surface area (Å²) in [4.78, 5) is 32.0. The van der Waals surface area contributed by atoms with Crippen molar-refractivity contribution < 1.29 is 19.8 Å². The fraction of sp³-hybridized carbons (Fsp3) is 0.619. The fourth-order valence-corrected chi connectivity index (χ4v) is 3.91. The predicted octanol–water partition coefficient (Wildman–Crippen LogP) is 3.69. The van der Waals surface area contributed by atoms with Crippen LogP contribution in [0.4, 0.5) is 0 Å². The summed E-state index contributed by atoms with van der Waals surface area (Å²) in [5.74, 6) is -1.47. The number of carbonyl (C=O) groups excluding carboxylic acids is 2. The molecule has 1 unspecified atom stereocenters. The molecule has 0 radical (unpaired) electrons. The van der Waals surface area contributed by atoms with Gasteiger partial charge < -0.3 is 20.1 Å². The Hall–Kier alpha value is -1.74. The number of halogens is 2. The largest absolute Gasteiger partial charge is 0.366 e. The van der Waals surface area contributed by atoms with E-state index in [-0.39, 0.29) is 35.2 Å². The minimum absolute atomic E-state index is 0.000352. The number of fused-ring (bicyclic) bond motifs is 1. The van der Waals surface area contributed by atoms with Gasteiger partial charge in [-0.25, -0.2) is 9.97 Å². The Morgan fingerprint density at radius 2 is 1.84 bits per heavy atom. The fourth-order valence-electron chi connectivity index (χ4n) is 3.33. The van der Waals surface area contributed by atoms with Gasteiger partial charge in [0.2, 0.25) is 5.91 Å². The number of aromatic nitrogens is 3. The van der Waals surface area contributed by atoms with Crippen molar-refractivity contribution in [2.45, 2.75) is 72.1 Å². The Balaban J connectivity index is 0.000000605. The Morgan fingerprint density at radius 1 is 1.26 bits per heavy atom. The maximum absolute atomic E-state index is 11.8. The van der Waals surface area contributed by atoms with E-state index in [2.05, 4.69) is 15.3 Å². The maximum Gasteiger partial charge on any atom is 0.222 e. The molecule has 1 amide bonds. The molecule has 1 aliphatic carbocycles. The third-order valence-corrected chi connectivity index (χ3v) is 5.25. The van der Waals surface area contributed by atoms with Gasteiger partial charge in [-0.3, -0.25) is 9.59 Å². The number of rotatable bonds is 4.